The lowest BCUT2D eigenvalue weighted by atomic mass is 9.99. The molecule has 1 fully saturated rings. The van der Waals surface area contributed by atoms with Crippen molar-refractivity contribution in [1.82, 2.24) is 10.2 Å². The minimum Gasteiger partial charge on any atom is -0.310 e. The fourth-order valence-corrected chi connectivity index (χ4v) is 2.88. The van der Waals surface area contributed by atoms with Crippen molar-refractivity contribution in [3.05, 3.63) is 0 Å². The number of nitrogens with zero attached hydrogens (tertiary/aromatic N) is 1. The Morgan fingerprint density at radius 1 is 1.53 bits per heavy atom. The predicted molar refractivity (Wildman–Crippen MR) is 70.7 cm³/mol. The lowest BCUT2D eigenvalue weighted by molar-refractivity contribution is 0.190. The molecule has 0 saturated carbocycles. The summed E-state index contributed by atoms with van der Waals surface area (Å²) >= 11 is 1.95. The second-order valence-electron chi connectivity index (χ2n) is 5.14. The van der Waals surface area contributed by atoms with Crippen LogP contribution in [0.25, 0.3) is 0 Å². The molecule has 15 heavy (non-hydrogen) atoms. The van der Waals surface area contributed by atoms with E-state index >= 15 is 0 Å². The molecule has 3 heteroatoms. The quantitative estimate of drug-likeness (QED) is 0.753. The first-order chi connectivity index (χ1) is 7.07. The van der Waals surface area contributed by atoms with Crippen LogP contribution in [0, 0.1) is 0 Å². The maximum absolute atomic E-state index is 3.63. The van der Waals surface area contributed by atoms with Crippen molar-refractivity contribution in [1.29, 1.82) is 0 Å². The van der Waals surface area contributed by atoms with Gasteiger partial charge >= 0.3 is 0 Å². The molecule has 1 saturated heterocycles. The van der Waals surface area contributed by atoms with Crippen LogP contribution in [0.4, 0.5) is 0 Å². The van der Waals surface area contributed by atoms with Crippen molar-refractivity contribution in [3.63, 3.8) is 0 Å². The summed E-state index contributed by atoms with van der Waals surface area (Å²) in [5.74, 6) is 1.27. The van der Waals surface area contributed by atoms with Crippen molar-refractivity contribution >= 4 is 11.8 Å². The van der Waals surface area contributed by atoms with Gasteiger partial charge in [0.15, 0.2) is 0 Å². The molecule has 1 aliphatic heterocycles. The molecule has 0 aromatic carbocycles. The summed E-state index contributed by atoms with van der Waals surface area (Å²) in [6, 6.07) is 0.705. The molecule has 90 valence electrons. The number of nitrogens with one attached hydrogen (secondary N) is 1. The SMILES string of the molecule is CSCCC(C)N(C)CC1(C)CCCN1. The number of hydrogen-bond acceptors (Lipinski definition) is 3. The zero-order valence-corrected chi connectivity index (χ0v) is 11.5. The molecule has 0 aromatic rings. The third-order valence-electron chi connectivity index (χ3n) is 3.55. The standard InChI is InChI=1S/C12H26N2S/c1-11(6-9-15-4)14(3)10-12(2)7-5-8-13-12/h11,13H,5-10H2,1-4H3. The minimum atomic E-state index is 0.363. The van der Waals surface area contributed by atoms with Gasteiger partial charge in [-0.15, -0.1) is 0 Å². The molecular formula is C12H26N2S. The van der Waals surface area contributed by atoms with Gasteiger partial charge in [0.25, 0.3) is 0 Å². The van der Waals surface area contributed by atoms with E-state index in [0.717, 1.165) is 0 Å². The summed E-state index contributed by atoms with van der Waals surface area (Å²) < 4.78 is 0. The van der Waals surface area contributed by atoms with Gasteiger partial charge in [-0.25, -0.2) is 0 Å². The number of thioether (sulfide) groups is 1. The molecule has 2 atom stereocenters. The van der Waals surface area contributed by atoms with Crippen LogP contribution in [0.5, 0.6) is 0 Å². The largest absolute Gasteiger partial charge is 0.310 e. The van der Waals surface area contributed by atoms with Gasteiger partial charge in [-0.05, 0) is 58.7 Å². The van der Waals surface area contributed by atoms with Gasteiger partial charge in [0.1, 0.15) is 0 Å². The van der Waals surface area contributed by atoms with Gasteiger partial charge in [-0.2, -0.15) is 11.8 Å². The second kappa shape index (κ2) is 6.12. The number of likely N-dealkylation sites (N-methyl/N-ethyl adjacent to an activating group) is 1. The fourth-order valence-electron chi connectivity index (χ4n) is 2.31. The summed E-state index contributed by atoms with van der Waals surface area (Å²) in [5, 5.41) is 3.63. The highest BCUT2D eigenvalue weighted by molar-refractivity contribution is 7.98. The van der Waals surface area contributed by atoms with Crippen LogP contribution >= 0.6 is 11.8 Å². The van der Waals surface area contributed by atoms with Gasteiger partial charge in [0.2, 0.25) is 0 Å². The van der Waals surface area contributed by atoms with Gasteiger partial charge in [-0.3, -0.25) is 0 Å². The van der Waals surface area contributed by atoms with Crippen LogP contribution in [0.3, 0.4) is 0 Å². The zero-order chi connectivity index (χ0) is 11.3. The molecule has 1 rings (SSSR count). The van der Waals surface area contributed by atoms with E-state index in [-0.39, 0.29) is 0 Å². The van der Waals surface area contributed by atoms with Crippen LogP contribution in [0.1, 0.15) is 33.1 Å². The van der Waals surface area contributed by atoms with Crippen LogP contribution in [-0.2, 0) is 0 Å². The van der Waals surface area contributed by atoms with E-state index in [4.69, 9.17) is 0 Å². The minimum absolute atomic E-state index is 0.363. The molecule has 0 aliphatic carbocycles. The van der Waals surface area contributed by atoms with Gasteiger partial charge in [0, 0.05) is 18.1 Å². The number of rotatable bonds is 6. The molecule has 1 heterocycles. The average Bonchev–Trinajstić information content (AvgIpc) is 2.61. The molecule has 0 spiro atoms. The Labute approximate surface area is 99.2 Å². The molecule has 0 amide bonds. The topological polar surface area (TPSA) is 15.3 Å². The average molecular weight is 230 g/mol. The maximum Gasteiger partial charge on any atom is 0.0280 e. The third kappa shape index (κ3) is 4.33. The summed E-state index contributed by atoms with van der Waals surface area (Å²) in [4.78, 5) is 2.51. The second-order valence-corrected chi connectivity index (χ2v) is 6.12. The summed E-state index contributed by atoms with van der Waals surface area (Å²) in [5.41, 5.74) is 0.363. The first-order valence-corrected chi connectivity index (χ1v) is 7.41. The van der Waals surface area contributed by atoms with E-state index in [0.29, 0.717) is 11.6 Å². The van der Waals surface area contributed by atoms with Crippen molar-refractivity contribution in [2.24, 2.45) is 0 Å². The Hall–Kier alpha value is 0.270. The van der Waals surface area contributed by atoms with Crippen LogP contribution in [0.15, 0.2) is 0 Å². The fraction of sp³-hybridized carbons (Fsp3) is 1.00. The molecule has 1 N–H and O–H groups in total. The summed E-state index contributed by atoms with van der Waals surface area (Å²) in [7, 11) is 2.26. The van der Waals surface area contributed by atoms with E-state index in [2.05, 4.69) is 37.4 Å². The highest BCUT2D eigenvalue weighted by Gasteiger charge is 2.30. The van der Waals surface area contributed by atoms with Gasteiger partial charge < -0.3 is 10.2 Å². The molecule has 0 radical (unpaired) electrons. The smallest absolute Gasteiger partial charge is 0.0280 e. The Morgan fingerprint density at radius 3 is 2.80 bits per heavy atom. The molecule has 2 nitrogen and oxygen atoms in total. The molecule has 0 aromatic heterocycles. The van der Waals surface area contributed by atoms with Crippen LogP contribution in [-0.4, -0.2) is 48.6 Å². The Balaban J connectivity index is 2.30. The summed E-state index contributed by atoms with van der Waals surface area (Å²) in [6.45, 7) is 7.08. The zero-order valence-electron chi connectivity index (χ0n) is 10.7. The summed E-state index contributed by atoms with van der Waals surface area (Å²) in [6.07, 6.45) is 6.15. The molecule has 0 bridgehead atoms. The normalized spacial score (nSPS) is 28.6. The van der Waals surface area contributed by atoms with Crippen molar-refractivity contribution < 1.29 is 0 Å². The molecule has 2 unspecified atom stereocenters. The van der Waals surface area contributed by atoms with Crippen molar-refractivity contribution in [2.75, 3.05) is 32.1 Å². The lowest BCUT2D eigenvalue weighted by Crippen LogP contribution is -2.48. The first-order valence-electron chi connectivity index (χ1n) is 6.01. The Bertz CT molecular complexity index is 178. The first kappa shape index (κ1) is 13.3. The van der Waals surface area contributed by atoms with Gasteiger partial charge in [0.05, 0.1) is 0 Å². The van der Waals surface area contributed by atoms with E-state index in [1.807, 2.05) is 11.8 Å². The highest BCUT2D eigenvalue weighted by Crippen LogP contribution is 2.20. The van der Waals surface area contributed by atoms with Gasteiger partial charge in [-0.1, -0.05) is 0 Å². The van der Waals surface area contributed by atoms with E-state index in [9.17, 15) is 0 Å². The highest BCUT2D eigenvalue weighted by atomic mass is 32.2. The maximum atomic E-state index is 3.63. The van der Waals surface area contributed by atoms with Crippen LogP contribution < -0.4 is 5.32 Å². The van der Waals surface area contributed by atoms with E-state index in [1.54, 1.807) is 0 Å². The van der Waals surface area contributed by atoms with E-state index < -0.39 is 0 Å². The monoisotopic (exact) mass is 230 g/mol. The van der Waals surface area contributed by atoms with Crippen molar-refractivity contribution in [3.8, 4) is 0 Å². The Morgan fingerprint density at radius 2 is 2.27 bits per heavy atom. The molecule has 1 aliphatic rings. The van der Waals surface area contributed by atoms with Crippen LogP contribution in [0.2, 0.25) is 0 Å². The van der Waals surface area contributed by atoms with E-state index in [1.165, 1.54) is 38.1 Å². The van der Waals surface area contributed by atoms with Crippen molar-refractivity contribution in [2.45, 2.75) is 44.7 Å². The molecular weight excluding hydrogens is 204 g/mol. The number of hydrogen-bond donors (Lipinski definition) is 1. The Kier molecular flexibility index (Phi) is 5.44. The predicted octanol–water partition coefficient (Wildman–Crippen LogP) is 2.20. The third-order valence-corrected chi connectivity index (χ3v) is 4.19. The lowest BCUT2D eigenvalue weighted by Gasteiger charge is -2.34.